The maximum atomic E-state index is 11.5. The van der Waals surface area contributed by atoms with Crippen molar-refractivity contribution < 1.29 is 9.90 Å². The number of unbranched alkanes of at least 4 members (excludes halogenated alkanes) is 1. The van der Waals surface area contributed by atoms with Gasteiger partial charge in [0.25, 0.3) is 0 Å². The summed E-state index contributed by atoms with van der Waals surface area (Å²) >= 11 is 0. The minimum atomic E-state index is -0.842. The van der Waals surface area contributed by atoms with Gasteiger partial charge in [-0.15, -0.1) is 0 Å². The van der Waals surface area contributed by atoms with Crippen LogP contribution >= 0.6 is 0 Å². The lowest BCUT2D eigenvalue weighted by Crippen LogP contribution is -2.04. The number of carbonyl (C=O) groups is 1. The summed E-state index contributed by atoms with van der Waals surface area (Å²) in [6, 6.07) is 3.98. The van der Waals surface area contributed by atoms with Gasteiger partial charge in [0, 0.05) is 18.1 Å². The van der Waals surface area contributed by atoms with E-state index in [4.69, 9.17) is 0 Å². The molecular formula is C16H21NO2. The van der Waals surface area contributed by atoms with Crippen LogP contribution in [0.3, 0.4) is 0 Å². The van der Waals surface area contributed by atoms with Gasteiger partial charge in [-0.05, 0) is 37.8 Å². The zero-order valence-electron chi connectivity index (χ0n) is 12.1. The van der Waals surface area contributed by atoms with Crippen LogP contribution in [0.25, 0.3) is 10.9 Å². The van der Waals surface area contributed by atoms with Gasteiger partial charge < -0.3 is 9.67 Å². The second-order valence-corrected chi connectivity index (χ2v) is 5.19. The standard InChI is InChI=1S/C16H21NO2/c1-5-6-7-12-11(3)17(4)15-13(12)9-8-10(2)14(15)16(18)19/h8-9H,5-7H2,1-4H3,(H,18,19). The van der Waals surface area contributed by atoms with Crippen molar-refractivity contribution in [2.45, 2.75) is 40.0 Å². The Hall–Kier alpha value is -1.77. The van der Waals surface area contributed by atoms with Gasteiger partial charge in [0.1, 0.15) is 0 Å². The van der Waals surface area contributed by atoms with Gasteiger partial charge in [0.2, 0.25) is 0 Å². The monoisotopic (exact) mass is 259 g/mol. The highest BCUT2D eigenvalue weighted by Gasteiger charge is 2.19. The molecule has 2 aromatic rings. The molecule has 1 heterocycles. The first-order valence-corrected chi connectivity index (χ1v) is 6.79. The van der Waals surface area contributed by atoms with E-state index >= 15 is 0 Å². The summed E-state index contributed by atoms with van der Waals surface area (Å²) in [5.74, 6) is -0.842. The smallest absolute Gasteiger partial charge is 0.338 e. The Morgan fingerprint density at radius 3 is 2.58 bits per heavy atom. The molecule has 0 spiro atoms. The maximum absolute atomic E-state index is 11.5. The third-order valence-electron chi connectivity index (χ3n) is 3.98. The summed E-state index contributed by atoms with van der Waals surface area (Å²) in [6.45, 7) is 6.11. The molecule has 0 fully saturated rings. The summed E-state index contributed by atoms with van der Waals surface area (Å²) < 4.78 is 2.02. The molecule has 0 saturated carbocycles. The first-order chi connectivity index (χ1) is 8.99. The molecule has 0 amide bonds. The second kappa shape index (κ2) is 5.08. The highest BCUT2D eigenvalue weighted by molar-refractivity contribution is 6.05. The molecule has 102 valence electrons. The van der Waals surface area contributed by atoms with E-state index in [1.807, 2.05) is 24.6 Å². The molecule has 0 radical (unpaired) electrons. The average molecular weight is 259 g/mol. The normalized spacial score (nSPS) is 11.2. The molecule has 1 aromatic carbocycles. The summed E-state index contributed by atoms with van der Waals surface area (Å²) in [4.78, 5) is 11.5. The molecule has 0 aliphatic carbocycles. The van der Waals surface area contributed by atoms with Crippen LogP contribution in [0.4, 0.5) is 0 Å². The average Bonchev–Trinajstić information content (AvgIpc) is 2.60. The van der Waals surface area contributed by atoms with Gasteiger partial charge in [-0.3, -0.25) is 0 Å². The van der Waals surface area contributed by atoms with E-state index in [0.717, 1.165) is 35.7 Å². The molecule has 2 rings (SSSR count). The van der Waals surface area contributed by atoms with Crippen molar-refractivity contribution in [2.24, 2.45) is 7.05 Å². The van der Waals surface area contributed by atoms with Gasteiger partial charge in [-0.2, -0.15) is 0 Å². The van der Waals surface area contributed by atoms with Crippen LogP contribution in [-0.2, 0) is 13.5 Å². The van der Waals surface area contributed by atoms with Crippen molar-refractivity contribution in [1.82, 2.24) is 4.57 Å². The Kier molecular flexibility index (Phi) is 3.65. The van der Waals surface area contributed by atoms with Crippen molar-refractivity contribution in [3.63, 3.8) is 0 Å². The topological polar surface area (TPSA) is 42.2 Å². The number of aromatic nitrogens is 1. The third-order valence-corrected chi connectivity index (χ3v) is 3.98. The highest BCUT2D eigenvalue weighted by atomic mass is 16.4. The van der Waals surface area contributed by atoms with Crippen LogP contribution in [0.15, 0.2) is 12.1 Å². The Morgan fingerprint density at radius 1 is 1.32 bits per heavy atom. The molecule has 1 N–H and O–H groups in total. The van der Waals surface area contributed by atoms with Crippen LogP contribution in [0.5, 0.6) is 0 Å². The Morgan fingerprint density at radius 2 is 2.00 bits per heavy atom. The number of aryl methyl sites for hydroxylation is 3. The molecule has 0 saturated heterocycles. The van der Waals surface area contributed by atoms with Crippen LogP contribution in [-0.4, -0.2) is 15.6 Å². The number of carboxylic acid groups (broad SMARTS) is 1. The van der Waals surface area contributed by atoms with Gasteiger partial charge in [0.15, 0.2) is 0 Å². The summed E-state index contributed by atoms with van der Waals surface area (Å²) in [6.07, 6.45) is 3.30. The number of hydrogen-bond donors (Lipinski definition) is 1. The number of carboxylic acids is 1. The highest BCUT2D eigenvalue weighted by Crippen LogP contribution is 2.30. The fraction of sp³-hybridized carbons (Fsp3) is 0.438. The Balaban J connectivity index is 2.78. The number of nitrogens with zero attached hydrogens (tertiary/aromatic N) is 1. The minimum Gasteiger partial charge on any atom is -0.478 e. The van der Waals surface area contributed by atoms with Crippen molar-refractivity contribution in [2.75, 3.05) is 0 Å². The summed E-state index contributed by atoms with van der Waals surface area (Å²) in [7, 11) is 1.96. The molecule has 0 aliphatic rings. The molecule has 3 nitrogen and oxygen atoms in total. The minimum absolute atomic E-state index is 0.436. The Bertz CT molecular complexity index is 638. The first-order valence-electron chi connectivity index (χ1n) is 6.79. The van der Waals surface area contributed by atoms with Crippen LogP contribution in [0.1, 0.15) is 46.9 Å². The van der Waals surface area contributed by atoms with E-state index in [9.17, 15) is 9.90 Å². The van der Waals surface area contributed by atoms with Crippen molar-refractivity contribution in [3.05, 3.63) is 34.5 Å². The van der Waals surface area contributed by atoms with Crippen molar-refractivity contribution in [3.8, 4) is 0 Å². The lowest BCUT2D eigenvalue weighted by Gasteiger charge is -2.06. The molecule has 0 unspecified atom stereocenters. The molecule has 1 aromatic heterocycles. The lowest BCUT2D eigenvalue weighted by molar-refractivity contribution is 0.0698. The zero-order chi connectivity index (χ0) is 14.2. The van der Waals surface area contributed by atoms with Gasteiger partial charge >= 0.3 is 5.97 Å². The molecule has 0 bridgehead atoms. The quantitative estimate of drug-likeness (QED) is 0.906. The summed E-state index contributed by atoms with van der Waals surface area (Å²) in [5.41, 5.74) is 4.59. The van der Waals surface area contributed by atoms with Crippen molar-refractivity contribution >= 4 is 16.9 Å². The van der Waals surface area contributed by atoms with Crippen molar-refractivity contribution in [1.29, 1.82) is 0 Å². The molecule has 0 atom stereocenters. The number of fused-ring (bicyclic) bond motifs is 1. The number of hydrogen-bond acceptors (Lipinski definition) is 1. The van der Waals surface area contributed by atoms with E-state index in [1.54, 1.807) is 0 Å². The van der Waals surface area contributed by atoms with E-state index in [1.165, 1.54) is 11.3 Å². The van der Waals surface area contributed by atoms with Crippen LogP contribution in [0, 0.1) is 13.8 Å². The molecule has 0 aliphatic heterocycles. The zero-order valence-corrected chi connectivity index (χ0v) is 12.1. The molecule has 3 heteroatoms. The number of rotatable bonds is 4. The van der Waals surface area contributed by atoms with Gasteiger partial charge in [-0.1, -0.05) is 25.5 Å². The maximum Gasteiger partial charge on any atom is 0.338 e. The lowest BCUT2D eigenvalue weighted by atomic mass is 10.0. The number of benzene rings is 1. The SMILES string of the molecule is CCCCc1c(C)n(C)c2c(C(=O)O)c(C)ccc12. The fourth-order valence-corrected chi connectivity index (χ4v) is 2.79. The summed E-state index contributed by atoms with van der Waals surface area (Å²) in [5, 5.41) is 10.5. The molecule has 19 heavy (non-hydrogen) atoms. The fourth-order valence-electron chi connectivity index (χ4n) is 2.79. The third kappa shape index (κ3) is 2.14. The molecular weight excluding hydrogens is 238 g/mol. The van der Waals surface area contributed by atoms with E-state index in [2.05, 4.69) is 19.9 Å². The van der Waals surface area contributed by atoms with E-state index < -0.39 is 5.97 Å². The number of aromatic carboxylic acids is 1. The van der Waals surface area contributed by atoms with Gasteiger partial charge in [0.05, 0.1) is 11.1 Å². The van der Waals surface area contributed by atoms with Crippen LogP contribution < -0.4 is 0 Å². The van der Waals surface area contributed by atoms with Gasteiger partial charge in [-0.25, -0.2) is 4.79 Å². The largest absolute Gasteiger partial charge is 0.478 e. The second-order valence-electron chi connectivity index (χ2n) is 5.19. The predicted molar refractivity (Wildman–Crippen MR) is 78.0 cm³/mol. The van der Waals surface area contributed by atoms with E-state index in [-0.39, 0.29) is 0 Å². The predicted octanol–water partition coefficient (Wildman–Crippen LogP) is 3.84. The Labute approximate surface area is 113 Å². The van der Waals surface area contributed by atoms with E-state index in [0.29, 0.717) is 5.56 Å². The van der Waals surface area contributed by atoms with Crippen LogP contribution in [0.2, 0.25) is 0 Å². The first kappa shape index (κ1) is 13.7.